The van der Waals surface area contributed by atoms with Crippen molar-refractivity contribution in [3.63, 3.8) is 0 Å². The van der Waals surface area contributed by atoms with Gasteiger partial charge in [0, 0.05) is 19.8 Å². The summed E-state index contributed by atoms with van der Waals surface area (Å²) < 4.78 is 0. The van der Waals surface area contributed by atoms with Crippen LogP contribution in [0.2, 0.25) is 10.2 Å². The van der Waals surface area contributed by atoms with Crippen molar-refractivity contribution in [1.29, 1.82) is 0 Å². The molecule has 0 aliphatic rings. The normalized spacial score (nSPS) is 10.6. The molecule has 0 aliphatic heterocycles. The van der Waals surface area contributed by atoms with Crippen LogP contribution in [0.25, 0.3) is 0 Å². The van der Waals surface area contributed by atoms with E-state index in [0.717, 1.165) is 11.1 Å². The molecule has 0 atom stereocenters. The van der Waals surface area contributed by atoms with E-state index in [4.69, 9.17) is 23.2 Å². The van der Waals surface area contributed by atoms with Gasteiger partial charge in [-0.15, -0.1) is 11.3 Å². The number of amides is 2. The summed E-state index contributed by atoms with van der Waals surface area (Å²) in [4.78, 5) is 31.4. The molecule has 8 heteroatoms. The van der Waals surface area contributed by atoms with Gasteiger partial charge in [0.15, 0.2) is 0 Å². The number of pyridine rings is 1. The second-order valence-corrected chi connectivity index (χ2v) is 8.05. The van der Waals surface area contributed by atoms with E-state index in [-0.39, 0.29) is 11.8 Å². The summed E-state index contributed by atoms with van der Waals surface area (Å²) in [5.74, 6) is -0.442. The molecule has 3 rings (SSSR count). The lowest BCUT2D eigenvalue weighted by atomic mass is 10.2. The number of aromatic nitrogens is 1. The fourth-order valence-electron chi connectivity index (χ4n) is 2.60. The summed E-state index contributed by atoms with van der Waals surface area (Å²) in [6.07, 6.45) is 1.64. The van der Waals surface area contributed by atoms with E-state index < -0.39 is 0 Å². The highest BCUT2D eigenvalue weighted by molar-refractivity contribution is 7.18. The maximum Gasteiger partial charge on any atom is 0.264 e. The maximum atomic E-state index is 12.8. The van der Waals surface area contributed by atoms with E-state index in [1.807, 2.05) is 13.0 Å². The first-order chi connectivity index (χ1) is 13.3. The van der Waals surface area contributed by atoms with Crippen molar-refractivity contribution >= 4 is 51.4 Å². The first-order valence-corrected chi connectivity index (χ1v) is 9.94. The van der Waals surface area contributed by atoms with Gasteiger partial charge in [0.2, 0.25) is 0 Å². The lowest BCUT2D eigenvalue weighted by Crippen LogP contribution is -2.26. The molecule has 0 bridgehead atoms. The molecule has 5 nitrogen and oxygen atoms in total. The average molecular weight is 434 g/mol. The van der Waals surface area contributed by atoms with Crippen molar-refractivity contribution in [3.8, 4) is 0 Å². The molecule has 1 aromatic carbocycles. The maximum absolute atomic E-state index is 12.8. The number of anilines is 1. The van der Waals surface area contributed by atoms with Crippen LogP contribution in [0.5, 0.6) is 0 Å². The number of aryl methyl sites for hydroxylation is 1. The molecular weight excluding hydrogens is 417 g/mol. The molecule has 2 heterocycles. The number of carbonyl (C=O) groups excluding carboxylic acids is 2. The van der Waals surface area contributed by atoms with Crippen LogP contribution in [0.4, 0.5) is 5.00 Å². The standard InChI is InChI=1S/C20H17Cl2N3O2S/c1-12-9-17(24-19(26)14-5-3-4-6-15(14)21)28-18(12)20(27)25(2)11-13-7-8-16(22)23-10-13/h3-10H,11H2,1-2H3,(H,24,26). The molecule has 28 heavy (non-hydrogen) atoms. The minimum atomic E-state index is -0.313. The van der Waals surface area contributed by atoms with E-state index in [9.17, 15) is 9.59 Å². The molecule has 0 radical (unpaired) electrons. The van der Waals surface area contributed by atoms with Gasteiger partial charge in [-0.1, -0.05) is 41.4 Å². The van der Waals surface area contributed by atoms with Gasteiger partial charge in [-0.2, -0.15) is 0 Å². The summed E-state index contributed by atoms with van der Waals surface area (Å²) in [5.41, 5.74) is 2.06. The zero-order valence-corrected chi connectivity index (χ0v) is 17.5. The van der Waals surface area contributed by atoms with E-state index in [0.29, 0.717) is 32.2 Å². The zero-order valence-electron chi connectivity index (χ0n) is 15.2. The molecule has 1 N–H and O–H groups in total. The fraction of sp³-hybridized carbons (Fsp3) is 0.150. The SMILES string of the molecule is Cc1cc(NC(=O)c2ccccc2Cl)sc1C(=O)N(C)Cc1ccc(Cl)nc1. The van der Waals surface area contributed by atoms with Crippen molar-refractivity contribution in [2.45, 2.75) is 13.5 Å². The Hall–Kier alpha value is -2.41. The topological polar surface area (TPSA) is 62.3 Å². The fourth-order valence-corrected chi connectivity index (χ4v) is 4.00. The van der Waals surface area contributed by atoms with Gasteiger partial charge in [0.25, 0.3) is 11.8 Å². The summed E-state index contributed by atoms with van der Waals surface area (Å²) in [6.45, 7) is 2.24. The van der Waals surface area contributed by atoms with Crippen LogP contribution >= 0.6 is 34.5 Å². The van der Waals surface area contributed by atoms with E-state index >= 15 is 0 Å². The van der Waals surface area contributed by atoms with Crippen LogP contribution in [-0.2, 0) is 6.54 Å². The summed E-state index contributed by atoms with van der Waals surface area (Å²) in [7, 11) is 1.72. The van der Waals surface area contributed by atoms with Gasteiger partial charge in [-0.05, 0) is 42.3 Å². The molecule has 0 spiro atoms. The number of hydrogen-bond donors (Lipinski definition) is 1. The van der Waals surface area contributed by atoms with Crippen LogP contribution in [0.3, 0.4) is 0 Å². The first-order valence-electron chi connectivity index (χ1n) is 8.37. The highest BCUT2D eigenvalue weighted by Crippen LogP contribution is 2.29. The van der Waals surface area contributed by atoms with E-state index in [2.05, 4.69) is 10.3 Å². The number of benzene rings is 1. The Morgan fingerprint density at radius 1 is 1.18 bits per heavy atom. The molecule has 0 saturated heterocycles. The second-order valence-electron chi connectivity index (χ2n) is 6.21. The Bertz CT molecular complexity index is 1020. The Balaban J connectivity index is 1.72. The predicted octanol–water partition coefficient (Wildman–Crippen LogP) is 5.28. The minimum absolute atomic E-state index is 0.129. The smallest absolute Gasteiger partial charge is 0.264 e. The van der Waals surface area contributed by atoms with Crippen molar-refractivity contribution in [2.24, 2.45) is 0 Å². The number of nitrogens with one attached hydrogen (secondary N) is 1. The Kier molecular flexibility index (Phi) is 6.34. The largest absolute Gasteiger partial charge is 0.337 e. The molecule has 3 aromatic rings. The molecule has 0 unspecified atom stereocenters. The Labute approximate surface area is 176 Å². The summed E-state index contributed by atoms with van der Waals surface area (Å²) in [5, 5.41) is 4.18. The third-order valence-corrected chi connectivity index (χ3v) is 5.72. The van der Waals surface area contributed by atoms with E-state index in [1.54, 1.807) is 54.5 Å². The van der Waals surface area contributed by atoms with Crippen LogP contribution in [-0.4, -0.2) is 28.7 Å². The number of hydrogen-bond acceptors (Lipinski definition) is 4. The van der Waals surface area contributed by atoms with Gasteiger partial charge in [-0.3, -0.25) is 9.59 Å². The third kappa shape index (κ3) is 4.70. The Morgan fingerprint density at radius 3 is 2.61 bits per heavy atom. The van der Waals surface area contributed by atoms with Crippen molar-refractivity contribution < 1.29 is 9.59 Å². The van der Waals surface area contributed by atoms with Crippen LogP contribution in [0.15, 0.2) is 48.7 Å². The molecule has 144 valence electrons. The quantitative estimate of drug-likeness (QED) is 0.556. The van der Waals surface area contributed by atoms with Crippen LogP contribution < -0.4 is 5.32 Å². The highest BCUT2D eigenvalue weighted by Gasteiger charge is 2.19. The average Bonchev–Trinajstić information content (AvgIpc) is 3.03. The predicted molar refractivity (Wildman–Crippen MR) is 114 cm³/mol. The molecular formula is C20H17Cl2N3O2S. The van der Waals surface area contributed by atoms with Crippen molar-refractivity contribution in [2.75, 3.05) is 12.4 Å². The lowest BCUT2D eigenvalue weighted by Gasteiger charge is -2.16. The van der Waals surface area contributed by atoms with Crippen molar-refractivity contribution in [3.05, 3.63) is 80.4 Å². The molecule has 0 saturated carbocycles. The van der Waals surface area contributed by atoms with Crippen LogP contribution in [0.1, 0.15) is 31.2 Å². The second kappa shape index (κ2) is 8.73. The first kappa shape index (κ1) is 20.3. The Morgan fingerprint density at radius 2 is 1.93 bits per heavy atom. The minimum Gasteiger partial charge on any atom is -0.337 e. The summed E-state index contributed by atoms with van der Waals surface area (Å²) in [6, 6.07) is 12.1. The molecule has 0 aliphatic carbocycles. The number of thiophene rings is 1. The van der Waals surface area contributed by atoms with E-state index in [1.165, 1.54) is 11.3 Å². The van der Waals surface area contributed by atoms with Crippen molar-refractivity contribution in [1.82, 2.24) is 9.88 Å². The number of nitrogens with zero attached hydrogens (tertiary/aromatic N) is 2. The lowest BCUT2D eigenvalue weighted by molar-refractivity contribution is 0.0789. The highest BCUT2D eigenvalue weighted by atomic mass is 35.5. The molecule has 0 fully saturated rings. The molecule has 2 amide bonds. The third-order valence-electron chi connectivity index (χ3n) is 4.02. The number of halogens is 2. The number of rotatable bonds is 5. The zero-order chi connectivity index (χ0) is 20.3. The van der Waals surface area contributed by atoms with Gasteiger partial charge < -0.3 is 10.2 Å². The van der Waals surface area contributed by atoms with Gasteiger partial charge >= 0.3 is 0 Å². The number of carbonyl (C=O) groups is 2. The monoisotopic (exact) mass is 433 g/mol. The molecule has 2 aromatic heterocycles. The van der Waals surface area contributed by atoms with Crippen LogP contribution in [0, 0.1) is 6.92 Å². The summed E-state index contributed by atoms with van der Waals surface area (Å²) >= 11 is 13.1. The van der Waals surface area contributed by atoms with Gasteiger partial charge in [0.1, 0.15) is 5.15 Å². The van der Waals surface area contributed by atoms with Gasteiger partial charge in [0.05, 0.1) is 20.5 Å². The van der Waals surface area contributed by atoms with Gasteiger partial charge in [-0.25, -0.2) is 4.98 Å².